The highest BCUT2D eigenvalue weighted by atomic mass is 16.5. The molecule has 0 radical (unpaired) electrons. The molecule has 19 heavy (non-hydrogen) atoms. The molecule has 0 spiro atoms. The predicted octanol–water partition coefficient (Wildman–Crippen LogP) is 2.59. The fraction of sp³-hybridized carbons (Fsp3) is 0.625. The molecular formula is C16H25NO2. The number of aliphatic hydroxyl groups is 1. The zero-order valence-electron chi connectivity index (χ0n) is 11.9. The fourth-order valence-corrected chi connectivity index (χ4v) is 2.55. The number of para-hydroxylation sites is 1. The summed E-state index contributed by atoms with van der Waals surface area (Å²) in [5.41, 5.74) is 0. The molecule has 3 nitrogen and oxygen atoms in total. The Morgan fingerprint density at radius 2 is 2.00 bits per heavy atom. The Balaban J connectivity index is 1.90. The molecule has 2 rings (SSSR count). The summed E-state index contributed by atoms with van der Waals surface area (Å²) in [5, 5.41) is 13.9. The van der Waals surface area contributed by atoms with Crippen LogP contribution in [-0.4, -0.2) is 29.9 Å². The van der Waals surface area contributed by atoms with E-state index in [1.165, 1.54) is 0 Å². The zero-order chi connectivity index (χ0) is 13.7. The average molecular weight is 263 g/mol. The van der Waals surface area contributed by atoms with Gasteiger partial charge in [-0.2, -0.15) is 0 Å². The van der Waals surface area contributed by atoms with Crippen molar-refractivity contribution in [2.75, 3.05) is 6.54 Å². The zero-order valence-corrected chi connectivity index (χ0v) is 11.9. The summed E-state index contributed by atoms with van der Waals surface area (Å²) < 4.78 is 5.91. The van der Waals surface area contributed by atoms with Crippen molar-refractivity contribution in [3.8, 4) is 5.75 Å². The summed E-state index contributed by atoms with van der Waals surface area (Å²) in [5.74, 6) is 1.44. The first-order chi connectivity index (χ1) is 9.16. The molecule has 0 saturated heterocycles. The van der Waals surface area contributed by atoms with E-state index < -0.39 is 6.10 Å². The summed E-state index contributed by atoms with van der Waals surface area (Å²) in [6.45, 7) is 5.31. The molecule has 1 aromatic rings. The van der Waals surface area contributed by atoms with Gasteiger partial charge in [-0.25, -0.2) is 0 Å². The largest absolute Gasteiger partial charge is 0.488 e. The molecule has 1 aromatic carbocycles. The minimum absolute atomic E-state index is 0.0965. The van der Waals surface area contributed by atoms with Gasteiger partial charge in [-0.1, -0.05) is 32.0 Å². The van der Waals surface area contributed by atoms with Gasteiger partial charge in [0.1, 0.15) is 18.0 Å². The minimum atomic E-state index is -0.423. The number of nitrogens with one attached hydrogen (secondary N) is 1. The summed E-state index contributed by atoms with van der Waals surface area (Å²) >= 11 is 0. The van der Waals surface area contributed by atoms with Gasteiger partial charge in [0, 0.05) is 6.04 Å². The van der Waals surface area contributed by atoms with Crippen molar-refractivity contribution in [3.63, 3.8) is 0 Å². The third kappa shape index (κ3) is 4.22. The lowest BCUT2D eigenvalue weighted by atomic mass is 9.89. The molecule has 2 N–H and O–H groups in total. The van der Waals surface area contributed by atoms with Crippen LogP contribution in [0, 0.1) is 5.92 Å². The Bertz CT molecular complexity index is 366. The summed E-state index contributed by atoms with van der Waals surface area (Å²) in [6, 6.07) is 9.93. The van der Waals surface area contributed by atoms with Crippen molar-refractivity contribution >= 4 is 0 Å². The number of benzene rings is 1. The maximum atomic E-state index is 10.4. The second-order valence-electron chi connectivity index (χ2n) is 5.80. The number of aliphatic hydroxyl groups excluding tert-OH is 1. The molecule has 0 unspecified atom stereocenters. The van der Waals surface area contributed by atoms with E-state index in [0.29, 0.717) is 5.92 Å². The van der Waals surface area contributed by atoms with Gasteiger partial charge in [0.2, 0.25) is 0 Å². The van der Waals surface area contributed by atoms with Crippen LogP contribution in [0.15, 0.2) is 30.3 Å². The van der Waals surface area contributed by atoms with Crippen LogP contribution in [0.1, 0.15) is 33.1 Å². The fourth-order valence-electron chi connectivity index (χ4n) is 2.55. The molecule has 0 amide bonds. The average Bonchev–Trinajstić information content (AvgIpc) is 2.41. The molecule has 0 bridgehead atoms. The molecule has 1 aliphatic rings. The summed E-state index contributed by atoms with van der Waals surface area (Å²) in [4.78, 5) is 0. The van der Waals surface area contributed by atoms with Gasteiger partial charge in [-0.05, 0) is 43.9 Å². The first-order valence-electron chi connectivity index (χ1n) is 7.30. The Kier molecular flexibility index (Phi) is 5.23. The third-order valence-corrected chi connectivity index (χ3v) is 3.62. The Hall–Kier alpha value is -1.06. The topological polar surface area (TPSA) is 41.5 Å². The van der Waals surface area contributed by atoms with E-state index in [9.17, 15) is 5.11 Å². The molecule has 0 aromatic heterocycles. The minimum Gasteiger partial charge on any atom is -0.488 e. The smallest absolute Gasteiger partial charge is 0.126 e. The van der Waals surface area contributed by atoms with Gasteiger partial charge in [0.15, 0.2) is 0 Å². The maximum Gasteiger partial charge on any atom is 0.126 e. The van der Waals surface area contributed by atoms with Crippen molar-refractivity contribution in [1.29, 1.82) is 0 Å². The summed E-state index contributed by atoms with van der Waals surface area (Å²) in [7, 11) is 0. The van der Waals surface area contributed by atoms with E-state index >= 15 is 0 Å². The van der Waals surface area contributed by atoms with Gasteiger partial charge in [0.25, 0.3) is 0 Å². The number of ether oxygens (including phenoxy) is 1. The molecular weight excluding hydrogens is 238 g/mol. The van der Waals surface area contributed by atoms with E-state index in [1.54, 1.807) is 0 Å². The van der Waals surface area contributed by atoms with E-state index in [2.05, 4.69) is 19.2 Å². The highest BCUT2D eigenvalue weighted by Gasteiger charge is 2.33. The van der Waals surface area contributed by atoms with Crippen LogP contribution in [0.2, 0.25) is 0 Å². The number of hydrogen-bond acceptors (Lipinski definition) is 3. The lowest BCUT2D eigenvalue weighted by Gasteiger charge is -2.35. The SMILES string of the molecule is CC(C)CN[C@H]1CCC[C@@H](Oc2ccccc2)[C@@H]1O. The second kappa shape index (κ2) is 6.92. The number of hydrogen-bond donors (Lipinski definition) is 2. The highest BCUT2D eigenvalue weighted by molar-refractivity contribution is 5.21. The van der Waals surface area contributed by atoms with E-state index in [1.807, 2.05) is 30.3 Å². The van der Waals surface area contributed by atoms with Crippen molar-refractivity contribution < 1.29 is 9.84 Å². The molecule has 0 aliphatic heterocycles. The molecule has 1 aliphatic carbocycles. The highest BCUT2D eigenvalue weighted by Crippen LogP contribution is 2.24. The quantitative estimate of drug-likeness (QED) is 0.858. The molecule has 1 saturated carbocycles. The van der Waals surface area contributed by atoms with Crippen LogP contribution in [0.5, 0.6) is 5.75 Å². The van der Waals surface area contributed by atoms with Crippen LogP contribution in [0.4, 0.5) is 0 Å². The van der Waals surface area contributed by atoms with Gasteiger partial charge in [0.05, 0.1) is 0 Å². The van der Waals surface area contributed by atoms with Crippen molar-refractivity contribution in [1.82, 2.24) is 5.32 Å². The van der Waals surface area contributed by atoms with Crippen molar-refractivity contribution in [2.45, 2.75) is 51.4 Å². The molecule has 3 heteroatoms. The van der Waals surface area contributed by atoms with Crippen LogP contribution in [0.25, 0.3) is 0 Å². The van der Waals surface area contributed by atoms with Crippen LogP contribution in [0.3, 0.4) is 0 Å². The first kappa shape index (κ1) is 14.4. The first-order valence-corrected chi connectivity index (χ1v) is 7.30. The predicted molar refractivity (Wildman–Crippen MR) is 77.3 cm³/mol. The Morgan fingerprint density at radius 1 is 1.26 bits per heavy atom. The Morgan fingerprint density at radius 3 is 2.68 bits per heavy atom. The molecule has 0 heterocycles. The second-order valence-corrected chi connectivity index (χ2v) is 5.80. The maximum absolute atomic E-state index is 10.4. The van der Waals surface area contributed by atoms with Crippen LogP contribution in [-0.2, 0) is 0 Å². The van der Waals surface area contributed by atoms with Gasteiger partial charge >= 0.3 is 0 Å². The van der Waals surface area contributed by atoms with Gasteiger partial charge in [-0.15, -0.1) is 0 Å². The standard InChI is InChI=1S/C16H25NO2/c1-12(2)11-17-14-9-6-10-15(16(14)18)19-13-7-4-3-5-8-13/h3-5,7-8,12,14-18H,6,9-11H2,1-2H3/t14-,15+,16+/m0/s1. The lowest BCUT2D eigenvalue weighted by Crippen LogP contribution is -2.51. The van der Waals surface area contributed by atoms with E-state index in [0.717, 1.165) is 31.6 Å². The van der Waals surface area contributed by atoms with E-state index in [4.69, 9.17) is 4.74 Å². The lowest BCUT2D eigenvalue weighted by molar-refractivity contribution is -0.0158. The number of rotatable bonds is 5. The summed E-state index contributed by atoms with van der Waals surface area (Å²) in [6.07, 6.45) is 2.54. The van der Waals surface area contributed by atoms with Crippen LogP contribution >= 0.6 is 0 Å². The normalized spacial score (nSPS) is 27.5. The van der Waals surface area contributed by atoms with Crippen molar-refractivity contribution in [3.05, 3.63) is 30.3 Å². The Labute approximate surface area is 116 Å². The van der Waals surface area contributed by atoms with E-state index in [-0.39, 0.29) is 12.1 Å². The van der Waals surface area contributed by atoms with Crippen LogP contribution < -0.4 is 10.1 Å². The van der Waals surface area contributed by atoms with Gasteiger partial charge < -0.3 is 15.2 Å². The third-order valence-electron chi connectivity index (χ3n) is 3.62. The molecule has 3 atom stereocenters. The molecule has 1 fully saturated rings. The molecule has 106 valence electrons. The van der Waals surface area contributed by atoms with Gasteiger partial charge in [-0.3, -0.25) is 0 Å². The monoisotopic (exact) mass is 263 g/mol. The van der Waals surface area contributed by atoms with Crippen molar-refractivity contribution in [2.24, 2.45) is 5.92 Å².